The number of sulfonamides is 1. The van der Waals surface area contributed by atoms with Crippen molar-refractivity contribution >= 4 is 21.8 Å². The highest BCUT2D eigenvalue weighted by molar-refractivity contribution is 7.90. The lowest BCUT2D eigenvalue weighted by molar-refractivity contribution is -0.117. The zero-order valence-corrected chi connectivity index (χ0v) is 14.9. The van der Waals surface area contributed by atoms with E-state index >= 15 is 0 Å². The van der Waals surface area contributed by atoms with Gasteiger partial charge in [0.1, 0.15) is 5.84 Å². The van der Waals surface area contributed by atoms with E-state index in [0.717, 1.165) is 6.42 Å². The third-order valence-corrected chi connectivity index (χ3v) is 5.48. The summed E-state index contributed by atoms with van der Waals surface area (Å²) in [6.07, 6.45) is 5.68. The molecular formula is C18H21N3O3S. The Bertz CT molecular complexity index is 842. The van der Waals surface area contributed by atoms with Gasteiger partial charge < -0.3 is 10.2 Å². The molecular weight excluding hydrogens is 338 g/mol. The van der Waals surface area contributed by atoms with Gasteiger partial charge in [0.25, 0.3) is 15.9 Å². The van der Waals surface area contributed by atoms with Crippen molar-refractivity contribution < 1.29 is 13.2 Å². The van der Waals surface area contributed by atoms with Crippen LogP contribution in [0.5, 0.6) is 0 Å². The van der Waals surface area contributed by atoms with Crippen LogP contribution >= 0.6 is 0 Å². The number of amides is 1. The molecule has 0 spiro atoms. The first kappa shape index (κ1) is 17.4. The maximum atomic E-state index is 12.3. The van der Waals surface area contributed by atoms with E-state index in [-0.39, 0.29) is 11.7 Å². The minimum Gasteiger partial charge on any atom is -0.352 e. The van der Waals surface area contributed by atoms with E-state index in [2.05, 4.69) is 28.8 Å². The lowest BCUT2D eigenvalue weighted by atomic mass is 9.98. The SMILES string of the molecule is CC(CCNC(=O)C1=CN2CCS(=O)(=O)N=C2C=C1)c1ccccc1. The number of nitrogens with zero attached hydrogens (tertiary/aromatic N) is 2. The Kier molecular flexibility index (Phi) is 5.03. The van der Waals surface area contributed by atoms with Crippen LogP contribution in [-0.4, -0.2) is 43.9 Å². The molecule has 132 valence electrons. The molecule has 3 rings (SSSR count). The van der Waals surface area contributed by atoms with Gasteiger partial charge in [0.05, 0.1) is 11.3 Å². The first-order valence-electron chi connectivity index (χ1n) is 8.27. The molecule has 1 atom stereocenters. The Morgan fingerprint density at radius 1 is 1.28 bits per heavy atom. The van der Waals surface area contributed by atoms with Crippen LogP contribution < -0.4 is 5.32 Å². The van der Waals surface area contributed by atoms with Crippen LogP contribution in [0.2, 0.25) is 0 Å². The second-order valence-electron chi connectivity index (χ2n) is 6.20. The molecule has 0 fully saturated rings. The number of carbonyl (C=O) groups excluding carboxylic acids is 1. The number of amidine groups is 1. The van der Waals surface area contributed by atoms with Gasteiger partial charge in [-0.05, 0) is 30.1 Å². The second kappa shape index (κ2) is 7.23. The highest BCUT2D eigenvalue weighted by Gasteiger charge is 2.24. The van der Waals surface area contributed by atoms with Crippen molar-refractivity contribution in [3.05, 3.63) is 59.8 Å². The fraction of sp³-hybridized carbons (Fsp3) is 0.333. The summed E-state index contributed by atoms with van der Waals surface area (Å²) in [4.78, 5) is 14.0. The lowest BCUT2D eigenvalue weighted by Gasteiger charge is -2.27. The summed E-state index contributed by atoms with van der Waals surface area (Å²) in [5.74, 6) is 0.526. The molecule has 6 nitrogen and oxygen atoms in total. The molecule has 0 radical (unpaired) electrons. The van der Waals surface area contributed by atoms with Gasteiger partial charge in [0, 0.05) is 19.3 Å². The maximum absolute atomic E-state index is 12.3. The molecule has 1 N–H and O–H groups in total. The van der Waals surface area contributed by atoms with E-state index < -0.39 is 10.0 Å². The third-order valence-electron chi connectivity index (χ3n) is 4.32. The summed E-state index contributed by atoms with van der Waals surface area (Å²) in [6.45, 7) is 3.03. The number of nitrogens with one attached hydrogen (secondary N) is 1. The fourth-order valence-electron chi connectivity index (χ4n) is 2.79. The van der Waals surface area contributed by atoms with Gasteiger partial charge in [0.15, 0.2) is 0 Å². The molecule has 1 amide bonds. The second-order valence-corrected chi connectivity index (χ2v) is 7.96. The number of benzene rings is 1. The third kappa shape index (κ3) is 4.36. The first-order valence-corrected chi connectivity index (χ1v) is 9.88. The molecule has 0 saturated carbocycles. The summed E-state index contributed by atoms with van der Waals surface area (Å²) in [6, 6.07) is 10.2. The number of hydrogen-bond acceptors (Lipinski definition) is 4. The fourth-order valence-corrected chi connectivity index (χ4v) is 3.76. The van der Waals surface area contributed by atoms with Crippen LogP contribution in [0.15, 0.2) is 58.7 Å². The number of carbonyl (C=O) groups is 1. The number of rotatable bonds is 5. The molecule has 2 aliphatic rings. The summed E-state index contributed by atoms with van der Waals surface area (Å²) in [5, 5.41) is 2.92. The average Bonchev–Trinajstić information content (AvgIpc) is 2.61. The smallest absolute Gasteiger partial charge is 0.256 e. The Hall–Kier alpha value is -2.41. The van der Waals surface area contributed by atoms with Crippen molar-refractivity contribution in [1.82, 2.24) is 10.2 Å². The molecule has 0 aromatic heterocycles. The maximum Gasteiger partial charge on any atom is 0.256 e. The molecule has 1 unspecified atom stereocenters. The van der Waals surface area contributed by atoms with Crippen LogP contribution in [0.1, 0.15) is 24.8 Å². The van der Waals surface area contributed by atoms with E-state index in [1.165, 1.54) is 5.56 Å². The van der Waals surface area contributed by atoms with Crippen LogP contribution in [0.25, 0.3) is 0 Å². The van der Waals surface area contributed by atoms with E-state index in [4.69, 9.17) is 0 Å². The van der Waals surface area contributed by atoms with Gasteiger partial charge in [0.2, 0.25) is 0 Å². The zero-order valence-electron chi connectivity index (χ0n) is 14.1. The summed E-state index contributed by atoms with van der Waals surface area (Å²) < 4.78 is 26.7. The highest BCUT2D eigenvalue weighted by atomic mass is 32.2. The van der Waals surface area contributed by atoms with E-state index in [1.54, 1.807) is 23.3 Å². The first-order chi connectivity index (χ1) is 11.9. The molecule has 7 heteroatoms. The lowest BCUT2D eigenvalue weighted by Crippen LogP contribution is -2.38. The highest BCUT2D eigenvalue weighted by Crippen LogP contribution is 2.18. The Balaban J connectivity index is 1.55. The Morgan fingerprint density at radius 3 is 2.80 bits per heavy atom. The van der Waals surface area contributed by atoms with E-state index in [1.807, 2.05) is 18.2 Å². The standard InChI is InChI=1S/C18H21N3O3S/c1-14(15-5-3-2-4-6-15)9-10-19-18(22)16-7-8-17-20-25(23,24)12-11-21(17)13-16/h2-8,13-14H,9-12H2,1H3,(H,19,22). The van der Waals surface area contributed by atoms with Crippen molar-refractivity contribution in [2.24, 2.45) is 4.40 Å². The molecule has 0 bridgehead atoms. The van der Waals surface area contributed by atoms with Crippen LogP contribution in [-0.2, 0) is 14.8 Å². The quantitative estimate of drug-likeness (QED) is 0.869. The van der Waals surface area contributed by atoms with Gasteiger partial charge in [-0.1, -0.05) is 37.3 Å². The average molecular weight is 359 g/mol. The summed E-state index contributed by atoms with van der Waals surface area (Å²) in [7, 11) is -3.38. The molecule has 0 saturated heterocycles. The van der Waals surface area contributed by atoms with Crippen molar-refractivity contribution in [3.8, 4) is 0 Å². The van der Waals surface area contributed by atoms with Crippen LogP contribution in [0, 0.1) is 0 Å². The van der Waals surface area contributed by atoms with E-state index in [0.29, 0.717) is 30.4 Å². The monoisotopic (exact) mass is 359 g/mol. The van der Waals surface area contributed by atoms with Gasteiger partial charge in [-0.15, -0.1) is 4.40 Å². The van der Waals surface area contributed by atoms with Gasteiger partial charge in [-0.25, -0.2) is 8.42 Å². The minimum absolute atomic E-state index is 0.0374. The Morgan fingerprint density at radius 2 is 2.04 bits per heavy atom. The van der Waals surface area contributed by atoms with Gasteiger partial charge in [-0.3, -0.25) is 4.79 Å². The molecule has 1 aromatic rings. The molecule has 0 aliphatic carbocycles. The van der Waals surface area contributed by atoms with Crippen molar-refractivity contribution in [2.45, 2.75) is 19.3 Å². The molecule has 2 heterocycles. The summed E-state index contributed by atoms with van der Waals surface area (Å²) >= 11 is 0. The van der Waals surface area contributed by atoms with Crippen molar-refractivity contribution in [1.29, 1.82) is 0 Å². The topological polar surface area (TPSA) is 78.8 Å². The normalized spacial score (nSPS) is 19.5. The predicted octanol–water partition coefficient (Wildman–Crippen LogP) is 1.79. The summed E-state index contributed by atoms with van der Waals surface area (Å²) in [5.41, 5.74) is 1.76. The Labute approximate surface area is 148 Å². The van der Waals surface area contributed by atoms with Crippen molar-refractivity contribution in [2.75, 3.05) is 18.8 Å². The number of hydrogen-bond donors (Lipinski definition) is 1. The zero-order chi connectivity index (χ0) is 17.9. The number of fused-ring (bicyclic) bond motifs is 1. The van der Waals surface area contributed by atoms with Crippen molar-refractivity contribution in [3.63, 3.8) is 0 Å². The van der Waals surface area contributed by atoms with Crippen LogP contribution in [0.4, 0.5) is 0 Å². The molecule has 25 heavy (non-hydrogen) atoms. The van der Waals surface area contributed by atoms with Gasteiger partial charge in [-0.2, -0.15) is 0 Å². The van der Waals surface area contributed by atoms with Crippen LogP contribution in [0.3, 0.4) is 0 Å². The van der Waals surface area contributed by atoms with E-state index in [9.17, 15) is 13.2 Å². The minimum atomic E-state index is -3.38. The predicted molar refractivity (Wildman–Crippen MR) is 97.6 cm³/mol. The largest absolute Gasteiger partial charge is 0.352 e. The molecule has 2 aliphatic heterocycles. The van der Waals surface area contributed by atoms with Gasteiger partial charge >= 0.3 is 0 Å². The molecule has 1 aromatic carbocycles.